The number of nitrogens with one attached hydrogen (secondary N) is 1. The second-order valence-corrected chi connectivity index (χ2v) is 9.60. The highest BCUT2D eigenvalue weighted by atomic mass is 35.5. The van der Waals surface area contributed by atoms with Crippen LogP contribution in [0.3, 0.4) is 0 Å². The maximum atomic E-state index is 13.2. The third-order valence-corrected chi connectivity index (χ3v) is 7.14. The molecule has 0 saturated heterocycles. The molecular weight excluding hydrogens is 496 g/mol. The van der Waals surface area contributed by atoms with Crippen molar-refractivity contribution in [1.29, 1.82) is 0 Å². The summed E-state index contributed by atoms with van der Waals surface area (Å²) in [6.45, 7) is 1.64. The van der Waals surface area contributed by atoms with Gasteiger partial charge in [0, 0.05) is 33.3 Å². The van der Waals surface area contributed by atoms with E-state index in [4.69, 9.17) is 22.3 Å². The molecule has 2 aromatic heterocycles. The molecular formula is C27H19ClN4O3S. The first kappa shape index (κ1) is 23.5. The number of benzene rings is 3. The van der Waals surface area contributed by atoms with Crippen LogP contribution in [0.1, 0.15) is 15.2 Å². The van der Waals surface area contributed by atoms with E-state index in [9.17, 15) is 14.9 Å². The monoisotopic (exact) mass is 514 g/mol. The van der Waals surface area contributed by atoms with Gasteiger partial charge in [0.25, 0.3) is 11.6 Å². The molecule has 7 nitrogen and oxygen atoms in total. The molecule has 0 aliphatic rings. The van der Waals surface area contributed by atoms with E-state index >= 15 is 0 Å². The first-order valence-corrected chi connectivity index (χ1v) is 12.1. The molecule has 5 rings (SSSR count). The molecule has 1 amide bonds. The van der Waals surface area contributed by atoms with Crippen LogP contribution in [0.15, 0.2) is 78.9 Å². The number of hydrogen-bond acceptors (Lipinski definition) is 6. The highest BCUT2D eigenvalue weighted by Crippen LogP contribution is 2.42. The minimum Gasteiger partial charge on any atom is -0.397 e. The number of amides is 1. The number of thiophene rings is 1. The molecule has 3 N–H and O–H groups in total. The van der Waals surface area contributed by atoms with Gasteiger partial charge in [-0.3, -0.25) is 14.9 Å². The van der Waals surface area contributed by atoms with Crippen LogP contribution in [0.25, 0.3) is 32.6 Å². The quantitative estimate of drug-likeness (QED) is 0.188. The highest BCUT2D eigenvalue weighted by Gasteiger charge is 2.22. The molecule has 0 fully saturated rings. The van der Waals surface area contributed by atoms with Crippen molar-refractivity contribution in [1.82, 2.24) is 4.98 Å². The van der Waals surface area contributed by atoms with Crippen molar-refractivity contribution in [3.05, 3.63) is 104 Å². The molecule has 0 bridgehead atoms. The van der Waals surface area contributed by atoms with E-state index < -0.39 is 10.8 Å². The van der Waals surface area contributed by atoms with Crippen LogP contribution in [-0.2, 0) is 0 Å². The minimum atomic E-state index is -0.480. The largest absolute Gasteiger partial charge is 0.397 e. The number of aromatic nitrogens is 1. The molecule has 0 spiro atoms. The normalized spacial score (nSPS) is 10.9. The van der Waals surface area contributed by atoms with E-state index in [0.717, 1.165) is 22.4 Å². The number of nitrogen functional groups attached to an aromatic ring is 1. The fraction of sp³-hybridized carbons (Fsp3) is 0.0370. The summed E-state index contributed by atoms with van der Waals surface area (Å²) in [6.07, 6.45) is 0. The SMILES string of the molecule is Cc1ccc(NC(=O)c2sc3nc(-c4ccccc4)cc(-c4ccc(Cl)cc4)c3c2N)cc1[N+](=O)[O-]. The Kier molecular flexibility index (Phi) is 6.13. The number of halogens is 1. The summed E-state index contributed by atoms with van der Waals surface area (Å²) in [7, 11) is 0. The molecule has 5 aromatic rings. The Morgan fingerprint density at radius 3 is 2.44 bits per heavy atom. The van der Waals surface area contributed by atoms with Gasteiger partial charge >= 0.3 is 0 Å². The number of nitrogens with zero attached hydrogens (tertiary/aromatic N) is 2. The number of anilines is 2. The van der Waals surface area contributed by atoms with Gasteiger partial charge in [-0.2, -0.15) is 0 Å². The Morgan fingerprint density at radius 2 is 1.75 bits per heavy atom. The van der Waals surface area contributed by atoms with E-state index in [1.54, 1.807) is 31.2 Å². The van der Waals surface area contributed by atoms with Crippen molar-refractivity contribution in [3.63, 3.8) is 0 Å². The summed E-state index contributed by atoms with van der Waals surface area (Å²) in [6, 6.07) is 23.6. The summed E-state index contributed by atoms with van der Waals surface area (Å²) in [5.74, 6) is -0.461. The molecule has 9 heteroatoms. The lowest BCUT2D eigenvalue weighted by Crippen LogP contribution is -2.12. The van der Waals surface area contributed by atoms with E-state index in [1.807, 2.05) is 48.5 Å². The molecule has 0 saturated carbocycles. The van der Waals surface area contributed by atoms with Crippen molar-refractivity contribution in [2.24, 2.45) is 0 Å². The topological polar surface area (TPSA) is 111 Å². The van der Waals surface area contributed by atoms with Gasteiger partial charge in [-0.05, 0) is 42.3 Å². The average Bonchev–Trinajstić information content (AvgIpc) is 3.22. The first-order valence-electron chi connectivity index (χ1n) is 10.9. The summed E-state index contributed by atoms with van der Waals surface area (Å²) < 4.78 is 0. The molecule has 0 radical (unpaired) electrons. The second-order valence-electron chi connectivity index (χ2n) is 8.17. The molecule has 0 aliphatic heterocycles. The fourth-order valence-electron chi connectivity index (χ4n) is 3.98. The lowest BCUT2D eigenvalue weighted by Gasteiger charge is -2.09. The lowest BCUT2D eigenvalue weighted by atomic mass is 9.99. The molecule has 2 heterocycles. The van der Waals surface area contributed by atoms with E-state index in [0.29, 0.717) is 32.2 Å². The molecule has 3 aromatic carbocycles. The Balaban J connectivity index is 1.63. The minimum absolute atomic E-state index is 0.0729. The number of rotatable bonds is 5. The van der Waals surface area contributed by atoms with Gasteiger partial charge in [-0.15, -0.1) is 11.3 Å². The molecule has 0 atom stereocenters. The first-order chi connectivity index (χ1) is 17.3. The van der Waals surface area contributed by atoms with Gasteiger partial charge in [-0.25, -0.2) is 4.98 Å². The summed E-state index contributed by atoms with van der Waals surface area (Å²) in [5, 5.41) is 15.3. The Bertz CT molecular complexity index is 1630. The van der Waals surface area contributed by atoms with Crippen LogP contribution in [0.5, 0.6) is 0 Å². The number of nitro groups is 1. The number of nitrogens with two attached hydrogens (primary N) is 1. The van der Waals surface area contributed by atoms with E-state index in [1.165, 1.54) is 17.4 Å². The van der Waals surface area contributed by atoms with Crippen LogP contribution in [0.2, 0.25) is 5.02 Å². The third-order valence-electron chi connectivity index (χ3n) is 5.79. The van der Waals surface area contributed by atoms with Crippen molar-refractivity contribution in [3.8, 4) is 22.4 Å². The molecule has 0 unspecified atom stereocenters. The van der Waals surface area contributed by atoms with Gasteiger partial charge in [0.05, 0.1) is 16.3 Å². The van der Waals surface area contributed by atoms with Gasteiger partial charge < -0.3 is 11.1 Å². The Labute approximate surface area is 215 Å². The van der Waals surface area contributed by atoms with Crippen molar-refractivity contribution in [2.45, 2.75) is 6.92 Å². The van der Waals surface area contributed by atoms with Crippen LogP contribution in [0.4, 0.5) is 17.1 Å². The van der Waals surface area contributed by atoms with Crippen LogP contribution >= 0.6 is 22.9 Å². The number of pyridine rings is 1. The van der Waals surface area contributed by atoms with Crippen molar-refractivity contribution < 1.29 is 9.72 Å². The van der Waals surface area contributed by atoms with Crippen LogP contribution in [-0.4, -0.2) is 15.8 Å². The molecule has 178 valence electrons. The Hall–Kier alpha value is -4.27. The Morgan fingerprint density at radius 1 is 1.03 bits per heavy atom. The van der Waals surface area contributed by atoms with E-state index in [-0.39, 0.29) is 10.6 Å². The predicted octanol–water partition coefficient (Wildman–Crippen LogP) is 7.33. The number of carbonyl (C=O) groups excluding carboxylic acids is 1. The number of hydrogen-bond donors (Lipinski definition) is 2. The third kappa shape index (κ3) is 4.39. The van der Waals surface area contributed by atoms with Gasteiger partial charge in [0.2, 0.25) is 0 Å². The summed E-state index contributed by atoms with van der Waals surface area (Å²) in [5.41, 5.74) is 11.0. The number of carbonyl (C=O) groups is 1. The maximum absolute atomic E-state index is 13.2. The van der Waals surface area contributed by atoms with E-state index in [2.05, 4.69) is 5.32 Å². The van der Waals surface area contributed by atoms with Crippen LogP contribution in [0, 0.1) is 17.0 Å². The van der Waals surface area contributed by atoms with Crippen molar-refractivity contribution >= 4 is 56.1 Å². The summed E-state index contributed by atoms with van der Waals surface area (Å²) >= 11 is 7.29. The number of fused-ring (bicyclic) bond motifs is 1. The maximum Gasteiger partial charge on any atom is 0.274 e. The molecule has 36 heavy (non-hydrogen) atoms. The van der Waals surface area contributed by atoms with Crippen LogP contribution < -0.4 is 11.1 Å². The lowest BCUT2D eigenvalue weighted by molar-refractivity contribution is -0.385. The van der Waals surface area contributed by atoms with Gasteiger partial charge in [0.15, 0.2) is 0 Å². The standard InChI is InChI=1S/C27H19ClN4O3S/c1-15-7-12-19(13-22(15)32(34)35)30-26(33)25-24(29)23-20(16-8-10-18(28)11-9-16)14-21(31-27(23)36-25)17-5-3-2-4-6-17/h2-14H,29H2,1H3,(H,30,33). The zero-order chi connectivity index (χ0) is 25.4. The highest BCUT2D eigenvalue weighted by molar-refractivity contribution is 7.21. The zero-order valence-corrected chi connectivity index (χ0v) is 20.6. The fourth-order valence-corrected chi connectivity index (χ4v) is 5.12. The molecule has 0 aliphatic carbocycles. The zero-order valence-electron chi connectivity index (χ0n) is 19.0. The number of aryl methyl sites for hydroxylation is 1. The summed E-state index contributed by atoms with van der Waals surface area (Å²) in [4.78, 5) is 29.7. The number of nitro benzene ring substituents is 1. The second kappa shape index (κ2) is 9.41. The average molecular weight is 515 g/mol. The predicted molar refractivity (Wildman–Crippen MR) is 146 cm³/mol. The van der Waals surface area contributed by atoms with Crippen molar-refractivity contribution in [2.75, 3.05) is 11.1 Å². The van der Waals surface area contributed by atoms with Gasteiger partial charge in [0.1, 0.15) is 9.71 Å². The van der Waals surface area contributed by atoms with Gasteiger partial charge in [-0.1, -0.05) is 60.1 Å². The smallest absolute Gasteiger partial charge is 0.274 e.